The summed E-state index contributed by atoms with van der Waals surface area (Å²) in [6.07, 6.45) is 1.11. The molecule has 0 amide bonds. The van der Waals surface area contributed by atoms with Gasteiger partial charge in [0.25, 0.3) is 0 Å². The summed E-state index contributed by atoms with van der Waals surface area (Å²) in [5, 5.41) is 7.57. The van der Waals surface area contributed by atoms with Gasteiger partial charge in [-0.05, 0) is 30.0 Å². The standard InChI is InChI=1S/C15H21N3O3S/c1-10(2)12-7-6-11(3)8-13(12)21-9-14-16-17-15(18(14)4)22(5,19)20/h6-8,10H,9H2,1-5H3. The maximum atomic E-state index is 11.6. The first-order valence-corrected chi connectivity index (χ1v) is 8.91. The third-order valence-electron chi connectivity index (χ3n) is 3.40. The fraction of sp³-hybridized carbons (Fsp3) is 0.467. The van der Waals surface area contributed by atoms with Crippen LogP contribution in [-0.2, 0) is 23.5 Å². The van der Waals surface area contributed by atoms with Gasteiger partial charge in [0.1, 0.15) is 12.4 Å². The van der Waals surface area contributed by atoms with E-state index in [1.54, 1.807) is 7.05 Å². The van der Waals surface area contributed by atoms with Crippen LogP contribution in [0.15, 0.2) is 23.4 Å². The fourth-order valence-electron chi connectivity index (χ4n) is 2.18. The molecule has 1 aromatic carbocycles. The highest BCUT2D eigenvalue weighted by atomic mass is 32.2. The lowest BCUT2D eigenvalue weighted by molar-refractivity contribution is 0.286. The second-order valence-electron chi connectivity index (χ2n) is 5.71. The van der Waals surface area contributed by atoms with Crippen LogP contribution in [0.3, 0.4) is 0 Å². The molecule has 2 aromatic rings. The number of nitrogens with zero attached hydrogens (tertiary/aromatic N) is 3. The summed E-state index contributed by atoms with van der Waals surface area (Å²) in [4.78, 5) is 0. The normalized spacial score (nSPS) is 11.9. The van der Waals surface area contributed by atoms with Crippen LogP contribution in [0.1, 0.15) is 36.7 Å². The minimum atomic E-state index is -3.39. The van der Waals surface area contributed by atoms with E-state index in [9.17, 15) is 8.42 Å². The highest BCUT2D eigenvalue weighted by molar-refractivity contribution is 7.90. The smallest absolute Gasteiger partial charge is 0.249 e. The van der Waals surface area contributed by atoms with Gasteiger partial charge in [0.15, 0.2) is 5.82 Å². The van der Waals surface area contributed by atoms with Crippen LogP contribution in [0.25, 0.3) is 0 Å². The summed E-state index contributed by atoms with van der Waals surface area (Å²) in [7, 11) is -1.77. The van der Waals surface area contributed by atoms with Crippen molar-refractivity contribution in [3.63, 3.8) is 0 Å². The molecule has 0 spiro atoms. The molecule has 0 aliphatic heterocycles. The molecule has 1 aromatic heterocycles. The number of rotatable bonds is 5. The lowest BCUT2D eigenvalue weighted by atomic mass is 10.0. The fourth-order valence-corrected chi connectivity index (χ4v) is 2.97. The zero-order valence-corrected chi connectivity index (χ0v) is 14.3. The number of sulfone groups is 1. The van der Waals surface area contributed by atoms with E-state index >= 15 is 0 Å². The third kappa shape index (κ3) is 3.47. The van der Waals surface area contributed by atoms with E-state index in [4.69, 9.17) is 4.74 Å². The first-order chi connectivity index (χ1) is 10.2. The molecule has 0 aliphatic carbocycles. The van der Waals surface area contributed by atoms with E-state index in [2.05, 4.69) is 24.0 Å². The first-order valence-electron chi connectivity index (χ1n) is 7.02. The molecule has 22 heavy (non-hydrogen) atoms. The van der Waals surface area contributed by atoms with Crippen LogP contribution >= 0.6 is 0 Å². The van der Waals surface area contributed by atoms with Gasteiger partial charge in [0.05, 0.1) is 0 Å². The van der Waals surface area contributed by atoms with Crippen molar-refractivity contribution in [1.82, 2.24) is 14.8 Å². The van der Waals surface area contributed by atoms with E-state index in [0.29, 0.717) is 11.7 Å². The highest BCUT2D eigenvalue weighted by Gasteiger charge is 2.18. The van der Waals surface area contributed by atoms with Crippen molar-refractivity contribution in [2.24, 2.45) is 7.05 Å². The molecule has 7 heteroatoms. The van der Waals surface area contributed by atoms with Crippen molar-refractivity contribution >= 4 is 9.84 Å². The number of aromatic nitrogens is 3. The summed E-state index contributed by atoms with van der Waals surface area (Å²) < 4.78 is 30.4. The summed E-state index contributed by atoms with van der Waals surface area (Å²) >= 11 is 0. The van der Waals surface area contributed by atoms with E-state index < -0.39 is 9.84 Å². The Morgan fingerprint density at radius 2 is 1.95 bits per heavy atom. The Morgan fingerprint density at radius 3 is 2.50 bits per heavy atom. The number of hydrogen-bond acceptors (Lipinski definition) is 5. The Balaban J connectivity index is 2.25. The molecule has 0 unspecified atom stereocenters. The van der Waals surface area contributed by atoms with Gasteiger partial charge in [-0.15, -0.1) is 10.2 Å². The van der Waals surface area contributed by atoms with Gasteiger partial charge in [-0.25, -0.2) is 8.42 Å². The third-order valence-corrected chi connectivity index (χ3v) is 4.42. The minimum absolute atomic E-state index is 0.0561. The van der Waals surface area contributed by atoms with Crippen LogP contribution in [0, 0.1) is 6.92 Å². The Hall–Kier alpha value is -1.89. The van der Waals surface area contributed by atoms with E-state index in [0.717, 1.165) is 23.1 Å². The van der Waals surface area contributed by atoms with Crippen LogP contribution < -0.4 is 4.74 Å². The van der Waals surface area contributed by atoms with Crippen LogP contribution in [-0.4, -0.2) is 29.4 Å². The molecule has 6 nitrogen and oxygen atoms in total. The van der Waals surface area contributed by atoms with Gasteiger partial charge in [0, 0.05) is 13.3 Å². The molecule has 1 heterocycles. The van der Waals surface area contributed by atoms with Gasteiger partial charge in [-0.3, -0.25) is 0 Å². The van der Waals surface area contributed by atoms with Crippen LogP contribution in [0.5, 0.6) is 5.75 Å². The quantitative estimate of drug-likeness (QED) is 0.843. The Bertz CT molecular complexity index is 779. The van der Waals surface area contributed by atoms with Gasteiger partial charge in [-0.1, -0.05) is 26.0 Å². The predicted octanol–water partition coefficient (Wildman–Crippen LogP) is 2.23. The Labute approximate surface area is 131 Å². The van der Waals surface area contributed by atoms with E-state index in [-0.39, 0.29) is 11.8 Å². The van der Waals surface area contributed by atoms with Crippen molar-refractivity contribution < 1.29 is 13.2 Å². The average Bonchev–Trinajstić information content (AvgIpc) is 2.77. The Kier molecular flexibility index (Phi) is 4.55. The van der Waals surface area contributed by atoms with Crippen molar-refractivity contribution in [3.05, 3.63) is 35.2 Å². The molecule has 2 rings (SSSR count). The lowest BCUT2D eigenvalue weighted by Gasteiger charge is -2.14. The molecule has 0 saturated carbocycles. The number of aryl methyl sites for hydroxylation is 1. The highest BCUT2D eigenvalue weighted by Crippen LogP contribution is 2.28. The molecule has 0 fully saturated rings. The average molecular weight is 323 g/mol. The maximum Gasteiger partial charge on any atom is 0.249 e. The SMILES string of the molecule is Cc1ccc(C(C)C)c(OCc2nnc(S(C)(=O)=O)n2C)c1. The summed E-state index contributed by atoms with van der Waals surface area (Å²) in [6, 6.07) is 6.07. The number of benzene rings is 1. The van der Waals surface area contributed by atoms with Gasteiger partial charge in [0.2, 0.25) is 15.0 Å². The van der Waals surface area contributed by atoms with Crippen molar-refractivity contribution in [2.45, 2.75) is 38.5 Å². The topological polar surface area (TPSA) is 74.1 Å². The van der Waals surface area contributed by atoms with Gasteiger partial charge in [-0.2, -0.15) is 0 Å². The molecule has 0 radical (unpaired) electrons. The van der Waals surface area contributed by atoms with E-state index in [1.807, 2.05) is 25.1 Å². The van der Waals surface area contributed by atoms with Crippen molar-refractivity contribution in [1.29, 1.82) is 0 Å². The molecule has 0 aliphatic rings. The zero-order valence-electron chi connectivity index (χ0n) is 13.5. The molecule has 0 saturated heterocycles. The lowest BCUT2D eigenvalue weighted by Crippen LogP contribution is -2.10. The maximum absolute atomic E-state index is 11.6. The zero-order chi connectivity index (χ0) is 16.5. The monoisotopic (exact) mass is 323 g/mol. The molecule has 120 valence electrons. The second-order valence-corrected chi connectivity index (χ2v) is 7.62. The van der Waals surface area contributed by atoms with Crippen molar-refractivity contribution in [2.75, 3.05) is 6.26 Å². The molecule has 0 N–H and O–H groups in total. The Morgan fingerprint density at radius 1 is 1.27 bits per heavy atom. The molecule has 0 bridgehead atoms. The van der Waals surface area contributed by atoms with Crippen LogP contribution in [0.4, 0.5) is 0 Å². The number of ether oxygens (including phenoxy) is 1. The molecular weight excluding hydrogens is 302 g/mol. The van der Waals surface area contributed by atoms with Crippen molar-refractivity contribution in [3.8, 4) is 5.75 Å². The molecular formula is C15H21N3O3S. The summed E-state index contributed by atoms with van der Waals surface area (Å²) in [6.45, 7) is 6.37. The van der Waals surface area contributed by atoms with Gasteiger partial charge >= 0.3 is 0 Å². The molecule has 0 atom stereocenters. The van der Waals surface area contributed by atoms with Crippen LogP contribution in [0.2, 0.25) is 0 Å². The largest absolute Gasteiger partial charge is 0.485 e. The predicted molar refractivity (Wildman–Crippen MR) is 83.7 cm³/mol. The number of hydrogen-bond donors (Lipinski definition) is 0. The first kappa shape index (κ1) is 16.5. The van der Waals surface area contributed by atoms with Gasteiger partial charge < -0.3 is 9.30 Å². The second kappa shape index (κ2) is 6.08. The minimum Gasteiger partial charge on any atom is -0.485 e. The van der Waals surface area contributed by atoms with E-state index in [1.165, 1.54) is 4.57 Å². The summed E-state index contributed by atoms with van der Waals surface area (Å²) in [5.41, 5.74) is 2.21. The summed E-state index contributed by atoms with van der Waals surface area (Å²) in [5.74, 6) is 1.59.